The number of amidine groups is 2. The Bertz CT molecular complexity index is 1300. The predicted octanol–water partition coefficient (Wildman–Crippen LogP) is 4.29. The molecule has 11 heteroatoms. The van der Waals surface area contributed by atoms with Crippen LogP contribution in [0.4, 0.5) is 5.69 Å². The zero-order valence-electron chi connectivity index (χ0n) is 18.7. The fourth-order valence-electron chi connectivity index (χ4n) is 3.66. The Kier molecular flexibility index (Phi) is 5.66. The molecule has 2 aliphatic rings. The Morgan fingerprint density at radius 1 is 1.27 bits per heavy atom. The lowest BCUT2D eigenvalue weighted by Gasteiger charge is -2.20. The van der Waals surface area contributed by atoms with Crippen LogP contribution >= 0.6 is 11.8 Å². The molecule has 1 aromatic heterocycles. The van der Waals surface area contributed by atoms with Crippen molar-refractivity contribution in [2.24, 2.45) is 16.0 Å². The fourth-order valence-corrected chi connectivity index (χ4v) is 4.56. The van der Waals surface area contributed by atoms with Gasteiger partial charge in [0.05, 0.1) is 29.4 Å². The zero-order chi connectivity index (χ0) is 24.0. The summed E-state index contributed by atoms with van der Waals surface area (Å²) in [5.41, 5.74) is 3.05. The number of aliphatic imine (C=N–C) groups is 1. The summed E-state index contributed by atoms with van der Waals surface area (Å²) in [5.74, 6) is 0.00218. The van der Waals surface area contributed by atoms with E-state index in [0.717, 1.165) is 22.0 Å². The highest BCUT2D eigenvalue weighted by atomic mass is 32.2. The number of rotatable bonds is 5. The molecule has 1 N–H and O–H groups in total. The number of ether oxygens (including phenoxy) is 1. The number of hydrogen-bond donors (Lipinski definition) is 1. The van der Waals surface area contributed by atoms with Crippen LogP contribution in [0, 0.1) is 35.3 Å². The molecule has 0 aliphatic carbocycles. The van der Waals surface area contributed by atoms with Gasteiger partial charge in [0, 0.05) is 23.4 Å². The second-order valence-corrected chi connectivity index (χ2v) is 8.88. The van der Waals surface area contributed by atoms with Crippen LogP contribution < -0.4 is 4.74 Å². The third-order valence-electron chi connectivity index (χ3n) is 5.35. The van der Waals surface area contributed by atoms with Gasteiger partial charge in [0.2, 0.25) is 5.17 Å². The van der Waals surface area contributed by atoms with Crippen molar-refractivity contribution >= 4 is 45.5 Å². The molecule has 0 fully saturated rings. The zero-order valence-corrected chi connectivity index (χ0v) is 19.6. The molecule has 0 spiro atoms. The van der Waals surface area contributed by atoms with Crippen LogP contribution in [-0.4, -0.2) is 43.6 Å². The lowest BCUT2D eigenvalue weighted by atomic mass is 10.1. The number of methoxy groups -OCH3 is 1. The Morgan fingerprint density at radius 3 is 2.64 bits per heavy atom. The lowest BCUT2D eigenvalue weighted by molar-refractivity contribution is -0.384. The first-order chi connectivity index (χ1) is 15.6. The first-order valence-corrected chi connectivity index (χ1v) is 11.0. The van der Waals surface area contributed by atoms with Crippen molar-refractivity contribution in [3.8, 4) is 11.4 Å². The van der Waals surface area contributed by atoms with E-state index in [-0.39, 0.29) is 23.0 Å². The normalized spacial score (nSPS) is 16.9. The van der Waals surface area contributed by atoms with Crippen molar-refractivity contribution in [1.29, 1.82) is 5.41 Å². The van der Waals surface area contributed by atoms with E-state index in [4.69, 9.17) is 10.1 Å². The van der Waals surface area contributed by atoms with Gasteiger partial charge < -0.3 is 9.30 Å². The number of amides is 1. The van der Waals surface area contributed by atoms with E-state index in [0.29, 0.717) is 16.6 Å². The number of benzene rings is 1. The van der Waals surface area contributed by atoms with Crippen LogP contribution in [0.5, 0.6) is 5.75 Å². The van der Waals surface area contributed by atoms with E-state index < -0.39 is 10.8 Å². The highest BCUT2D eigenvalue weighted by Gasteiger charge is 2.36. The van der Waals surface area contributed by atoms with Gasteiger partial charge in [-0.05, 0) is 49.4 Å². The summed E-state index contributed by atoms with van der Waals surface area (Å²) in [6.07, 6.45) is 1.63. The van der Waals surface area contributed by atoms with E-state index in [2.05, 4.69) is 10.1 Å². The molecule has 0 bridgehead atoms. The summed E-state index contributed by atoms with van der Waals surface area (Å²) in [7, 11) is 1.46. The third kappa shape index (κ3) is 3.84. The number of hydrogen-bond acceptors (Lipinski definition) is 7. The maximum atomic E-state index is 12.7. The second kappa shape index (κ2) is 8.32. The monoisotopic (exact) mass is 466 g/mol. The molecule has 2 aliphatic heterocycles. The topological polar surface area (TPSA) is 126 Å². The number of non-ortho nitro benzene ring substituents is 1. The van der Waals surface area contributed by atoms with Crippen LogP contribution in [0.3, 0.4) is 0 Å². The summed E-state index contributed by atoms with van der Waals surface area (Å²) < 4.78 is 7.29. The quantitative estimate of drug-likeness (QED) is 0.398. The largest absolute Gasteiger partial charge is 0.494 e. The molecule has 0 unspecified atom stereocenters. The van der Waals surface area contributed by atoms with Crippen molar-refractivity contribution in [3.63, 3.8) is 0 Å². The summed E-state index contributed by atoms with van der Waals surface area (Å²) in [6, 6.07) is 6.30. The molecule has 0 radical (unpaired) electrons. The number of hydrazone groups is 1. The SMILES string of the molecule is COc1cc([N+](=O)[O-])ccc1-n1c(C)cc(/C=C2/C(=N)N3N=C(C(C)C)SC3=NC2=O)c1C. The van der Waals surface area contributed by atoms with Gasteiger partial charge in [-0.1, -0.05) is 13.8 Å². The number of aryl methyl sites for hydroxylation is 1. The lowest BCUT2D eigenvalue weighted by Crippen LogP contribution is -2.35. The molecule has 170 valence electrons. The Hall–Kier alpha value is -3.73. The molecule has 10 nitrogen and oxygen atoms in total. The summed E-state index contributed by atoms with van der Waals surface area (Å²) in [6.45, 7) is 7.74. The highest BCUT2D eigenvalue weighted by molar-refractivity contribution is 8.27. The summed E-state index contributed by atoms with van der Waals surface area (Å²) in [5, 5.41) is 26.7. The number of carbonyl (C=O) groups excluding carboxylic acids is 1. The average molecular weight is 467 g/mol. The van der Waals surface area contributed by atoms with Crippen LogP contribution in [0.15, 0.2) is 39.9 Å². The van der Waals surface area contributed by atoms with E-state index in [1.807, 2.05) is 38.3 Å². The van der Waals surface area contributed by atoms with Crippen molar-refractivity contribution in [3.05, 3.63) is 56.9 Å². The number of nitro benzene ring substituents is 1. The van der Waals surface area contributed by atoms with Gasteiger partial charge in [0.25, 0.3) is 11.6 Å². The van der Waals surface area contributed by atoms with Crippen molar-refractivity contribution in [2.75, 3.05) is 7.11 Å². The number of aromatic nitrogens is 1. The summed E-state index contributed by atoms with van der Waals surface area (Å²) in [4.78, 5) is 27.5. The first-order valence-electron chi connectivity index (χ1n) is 10.1. The smallest absolute Gasteiger partial charge is 0.283 e. The number of nitro groups is 1. The first kappa shape index (κ1) is 22.5. The van der Waals surface area contributed by atoms with Gasteiger partial charge in [0.15, 0.2) is 5.84 Å². The molecular weight excluding hydrogens is 444 g/mol. The van der Waals surface area contributed by atoms with E-state index >= 15 is 0 Å². The molecular formula is C22H22N6O4S. The minimum absolute atomic E-state index is 0.0223. The minimum atomic E-state index is -0.489. The molecule has 2 aromatic rings. The van der Waals surface area contributed by atoms with Gasteiger partial charge in [-0.2, -0.15) is 15.1 Å². The Labute approximate surface area is 194 Å². The third-order valence-corrected chi connectivity index (χ3v) is 6.56. The summed E-state index contributed by atoms with van der Waals surface area (Å²) >= 11 is 1.30. The standard InChI is InChI=1S/C22H22N6O4S/c1-11(2)21-25-27-19(23)16(20(29)24-22(27)33-21)9-14-8-12(3)26(13(14)4)17-7-6-15(28(30)31)10-18(17)32-5/h6-11,23H,1-5H3/b16-9-,23-19?. The molecule has 3 heterocycles. The van der Waals surface area contributed by atoms with Crippen LogP contribution in [0.2, 0.25) is 0 Å². The van der Waals surface area contributed by atoms with Gasteiger partial charge in [-0.15, -0.1) is 0 Å². The number of nitrogens with one attached hydrogen (secondary N) is 1. The van der Waals surface area contributed by atoms with Crippen molar-refractivity contribution in [2.45, 2.75) is 27.7 Å². The number of nitrogens with zero attached hydrogens (tertiary/aromatic N) is 5. The van der Waals surface area contributed by atoms with Gasteiger partial charge in [-0.3, -0.25) is 20.3 Å². The molecule has 0 saturated heterocycles. The van der Waals surface area contributed by atoms with Crippen molar-refractivity contribution < 1.29 is 14.5 Å². The maximum absolute atomic E-state index is 12.7. The number of fused-ring (bicyclic) bond motifs is 1. The highest BCUT2D eigenvalue weighted by Crippen LogP contribution is 2.34. The molecule has 1 aromatic carbocycles. The molecule has 0 saturated carbocycles. The van der Waals surface area contributed by atoms with Gasteiger partial charge >= 0.3 is 0 Å². The van der Waals surface area contributed by atoms with E-state index in [1.54, 1.807) is 12.1 Å². The van der Waals surface area contributed by atoms with Crippen LogP contribution in [0.1, 0.15) is 30.8 Å². The fraction of sp³-hybridized carbons (Fsp3) is 0.273. The Balaban J connectivity index is 1.76. The Morgan fingerprint density at radius 2 is 2.00 bits per heavy atom. The molecule has 1 amide bonds. The molecule has 4 rings (SSSR count). The van der Waals surface area contributed by atoms with Crippen LogP contribution in [0.25, 0.3) is 11.8 Å². The average Bonchev–Trinajstić information content (AvgIpc) is 3.31. The maximum Gasteiger partial charge on any atom is 0.283 e. The second-order valence-electron chi connectivity index (χ2n) is 7.89. The van der Waals surface area contributed by atoms with Gasteiger partial charge in [-0.25, -0.2) is 0 Å². The number of carbonyl (C=O) groups is 1. The molecule has 0 atom stereocenters. The minimum Gasteiger partial charge on any atom is -0.494 e. The number of thioether (sulfide) groups is 1. The van der Waals surface area contributed by atoms with Crippen LogP contribution in [-0.2, 0) is 4.79 Å². The van der Waals surface area contributed by atoms with Gasteiger partial charge in [0.1, 0.15) is 10.8 Å². The molecule has 33 heavy (non-hydrogen) atoms. The van der Waals surface area contributed by atoms with E-state index in [9.17, 15) is 14.9 Å². The van der Waals surface area contributed by atoms with E-state index in [1.165, 1.54) is 36.0 Å². The van der Waals surface area contributed by atoms with Crippen molar-refractivity contribution in [1.82, 2.24) is 9.58 Å². The predicted molar refractivity (Wildman–Crippen MR) is 128 cm³/mol.